The Hall–Kier alpha value is 5.26. The van der Waals surface area contributed by atoms with E-state index < -0.39 is 41.6 Å². The van der Waals surface area contributed by atoms with Crippen molar-refractivity contribution in [3.63, 3.8) is 0 Å². The summed E-state index contributed by atoms with van der Waals surface area (Å²) in [7, 11) is -21.2. The van der Waals surface area contributed by atoms with Gasteiger partial charge in [0.25, 0.3) is 0 Å². The maximum absolute atomic E-state index is 10.3. The first kappa shape index (κ1) is 40.6. The molecule has 0 saturated carbocycles. The Kier molecular flexibility index (Phi) is 27.3. The molecule has 14 nitrogen and oxygen atoms in total. The average Bonchev–Trinajstić information content (AvgIpc) is 2.35. The molecule has 4 unspecified atom stereocenters. The van der Waals surface area contributed by atoms with Crippen LogP contribution in [0.25, 0.3) is 0 Å². The molecule has 0 bridgehead atoms. The average molecular weight is 656 g/mol. The van der Waals surface area contributed by atoms with Crippen LogP contribution in [0.1, 0.15) is 0 Å². The zero-order valence-electron chi connectivity index (χ0n) is 11.6. The smallest absolute Gasteiger partial charge is 0.809 e. The van der Waals surface area contributed by atoms with Gasteiger partial charge in [-0.3, -0.25) is 7.23 Å². The monoisotopic (exact) mass is 654 g/mol. The summed E-state index contributed by atoms with van der Waals surface area (Å²) >= 11 is 3.86. The summed E-state index contributed by atoms with van der Waals surface area (Å²) in [6, 6.07) is 0. The maximum atomic E-state index is 10.3. The SMILES string of the molecule is O=P([O-])([O-])C(O)P(=O)([O-])OBr.O=P([O-])([O-])C(O)P(=O)([O-])OBr.[Ca+2].[Ca+2].[Ca+2]. The van der Waals surface area contributed by atoms with Crippen molar-refractivity contribution in [2.75, 3.05) is 0 Å². The van der Waals surface area contributed by atoms with Gasteiger partial charge in [0.15, 0.2) is 15.2 Å². The molecule has 136 valence electrons. The Morgan fingerprint density at radius 2 is 0.800 bits per heavy atom. The first-order valence-corrected chi connectivity index (χ1v) is 11.8. The standard InChI is InChI=1S/2CH5BrO7P2.3Ca/c2*2-9-11(7,8)1(3)10(4,5)6;;;/h2*1,3H,(H,7,8)(H2,4,5,6);;;/q;;3*+2/p-6. The zero-order chi connectivity index (χ0) is 18.6. The Morgan fingerprint density at radius 1 is 0.640 bits per heavy atom. The van der Waals surface area contributed by atoms with E-state index in [2.05, 4.69) is 7.23 Å². The summed E-state index contributed by atoms with van der Waals surface area (Å²) < 4.78 is 47.2. The molecule has 0 fully saturated rings. The van der Waals surface area contributed by atoms with Gasteiger partial charge in [0.05, 0.1) is 0 Å². The predicted molar refractivity (Wildman–Crippen MR) is 79.7 cm³/mol. The van der Waals surface area contributed by atoms with Crippen LogP contribution in [0.2, 0.25) is 0 Å². The number of rotatable bonds is 6. The first-order valence-electron chi connectivity index (χ1n) is 4.05. The van der Waals surface area contributed by atoms with Gasteiger partial charge in [-0.1, -0.05) is 0 Å². The predicted octanol–water partition coefficient (Wildman–Crippen LogP) is -5.03. The van der Waals surface area contributed by atoms with Crippen LogP contribution in [0.15, 0.2) is 0 Å². The van der Waals surface area contributed by atoms with Crippen LogP contribution >= 0.6 is 62.9 Å². The first-order chi connectivity index (χ1) is 9.43. The molecule has 0 aliphatic rings. The van der Waals surface area contributed by atoms with Crippen LogP contribution in [-0.4, -0.2) is 135 Å². The van der Waals surface area contributed by atoms with E-state index in [1.807, 2.05) is 32.5 Å². The summed E-state index contributed by atoms with van der Waals surface area (Å²) in [5.41, 5.74) is -6.09. The Balaban J connectivity index is -0.0000000952. The molecule has 0 spiro atoms. The van der Waals surface area contributed by atoms with E-state index in [0.717, 1.165) is 0 Å². The van der Waals surface area contributed by atoms with E-state index in [1.54, 1.807) is 0 Å². The molecular formula is C2H4Br2Ca3O14P4. The minimum Gasteiger partial charge on any atom is -0.809 e. The Bertz CT molecular complexity index is 498. The molecule has 0 aliphatic carbocycles. The molecule has 25 heavy (non-hydrogen) atoms. The van der Waals surface area contributed by atoms with Crippen LogP contribution in [0.3, 0.4) is 0 Å². The summed E-state index contributed by atoms with van der Waals surface area (Å²) in [6.07, 6.45) is 0. The molecule has 0 heterocycles. The molecule has 23 heteroatoms. The topological polar surface area (TPSA) is 266 Å². The van der Waals surface area contributed by atoms with E-state index in [1.165, 1.54) is 0 Å². The number of hydrogen-bond acceptors (Lipinski definition) is 14. The molecule has 0 saturated heterocycles. The van der Waals surface area contributed by atoms with E-state index in [4.69, 9.17) is 10.2 Å². The fraction of sp³-hybridized carbons (Fsp3) is 1.00. The van der Waals surface area contributed by atoms with Crippen LogP contribution < -0.4 is 29.4 Å². The summed E-state index contributed by atoms with van der Waals surface area (Å²) in [5, 5.41) is 16.6. The second-order valence-electron chi connectivity index (χ2n) is 2.99. The third-order valence-electron chi connectivity index (χ3n) is 1.32. The molecule has 0 aliphatic heterocycles. The van der Waals surface area contributed by atoms with Crippen LogP contribution in [0, 0.1) is 0 Å². The van der Waals surface area contributed by atoms with Gasteiger partial charge < -0.3 is 57.8 Å². The van der Waals surface area contributed by atoms with E-state index in [9.17, 15) is 47.6 Å². The van der Waals surface area contributed by atoms with Crippen LogP contribution in [0.4, 0.5) is 0 Å². The van der Waals surface area contributed by atoms with Gasteiger partial charge in [0.2, 0.25) is 0 Å². The quantitative estimate of drug-likeness (QED) is 0.200. The van der Waals surface area contributed by atoms with Crippen molar-refractivity contribution in [1.82, 2.24) is 0 Å². The molecule has 0 aromatic heterocycles. The minimum atomic E-state index is -5.57. The van der Waals surface area contributed by atoms with E-state index in [0.29, 0.717) is 0 Å². The molecule has 0 radical (unpaired) electrons. The molecule has 4 atom stereocenters. The van der Waals surface area contributed by atoms with Crippen molar-refractivity contribution in [3.05, 3.63) is 0 Å². The molecule has 0 rings (SSSR count). The maximum Gasteiger partial charge on any atom is 2.00 e. The van der Waals surface area contributed by atoms with Gasteiger partial charge in [-0.2, -0.15) is 0 Å². The van der Waals surface area contributed by atoms with Gasteiger partial charge in [-0.15, -0.1) is 0 Å². The van der Waals surface area contributed by atoms with Crippen molar-refractivity contribution in [3.8, 4) is 0 Å². The van der Waals surface area contributed by atoms with Crippen molar-refractivity contribution in [2.45, 2.75) is 11.2 Å². The fourth-order valence-electron chi connectivity index (χ4n) is 0.418. The third kappa shape index (κ3) is 17.5. The van der Waals surface area contributed by atoms with Crippen molar-refractivity contribution in [2.24, 2.45) is 0 Å². The number of hydrogen-bond donors (Lipinski definition) is 2. The zero-order valence-corrected chi connectivity index (χ0v) is 25.0. The van der Waals surface area contributed by atoms with Gasteiger partial charge in [0, 0.05) is 0 Å². The summed E-state index contributed by atoms with van der Waals surface area (Å²) in [5.74, 6) is 0. The van der Waals surface area contributed by atoms with Gasteiger partial charge in [0.1, 0.15) is 43.7 Å². The molecule has 2 N–H and O–H groups in total. The second-order valence-corrected chi connectivity index (χ2v) is 12.1. The number of halogens is 2. The fourth-order valence-corrected chi connectivity index (χ4v) is 5.34. The Morgan fingerprint density at radius 3 is 0.840 bits per heavy atom. The van der Waals surface area contributed by atoms with Crippen LogP contribution in [-0.2, 0) is 25.5 Å². The largest absolute Gasteiger partial charge is 2.00 e. The van der Waals surface area contributed by atoms with E-state index >= 15 is 0 Å². The molecule has 0 aromatic rings. The number of aliphatic hydroxyl groups is 2. The number of aliphatic hydroxyl groups excluding tert-OH is 2. The summed E-state index contributed by atoms with van der Waals surface area (Å²) in [6.45, 7) is 0. The third-order valence-corrected chi connectivity index (χ3v) is 9.79. The van der Waals surface area contributed by atoms with Gasteiger partial charge >= 0.3 is 113 Å². The molecule has 0 amide bonds. The van der Waals surface area contributed by atoms with Crippen molar-refractivity contribution < 1.29 is 65.1 Å². The van der Waals surface area contributed by atoms with Gasteiger partial charge in [-0.25, -0.2) is 0 Å². The second kappa shape index (κ2) is 16.8. The van der Waals surface area contributed by atoms with Crippen molar-refractivity contribution >= 4 is 176 Å². The minimum absolute atomic E-state index is 0. The van der Waals surface area contributed by atoms with Crippen molar-refractivity contribution in [1.29, 1.82) is 0 Å². The van der Waals surface area contributed by atoms with Gasteiger partial charge in [-0.05, 0) is 15.2 Å². The molecule has 0 aromatic carbocycles. The normalized spacial score (nSPS) is 18.3. The summed E-state index contributed by atoms with van der Waals surface area (Å²) in [4.78, 5) is 60.1. The molecular weight excluding hydrogens is 652 g/mol. The van der Waals surface area contributed by atoms with E-state index in [-0.39, 0.29) is 113 Å². The van der Waals surface area contributed by atoms with Crippen LogP contribution in [0.5, 0.6) is 0 Å². The Labute approximate surface area is 247 Å².